The number of hydrogen-bond acceptors (Lipinski definition) is 4. The molecule has 1 amide bonds. The molecule has 0 radical (unpaired) electrons. The monoisotopic (exact) mass is 466 g/mol. The van der Waals surface area contributed by atoms with Gasteiger partial charge in [0.15, 0.2) is 0 Å². The van der Waals surface area contributed by atoms with Gasteiger partial charge in [-0.3, -0.25) is 9.10 Å². The molecular formula is C26H30N2O4S. The van der Waals surface area contributed by atoms with Crippen LogP contribution in [-0.4, -0.2) is 28.0 Å². The van der Waals surface area contributed by atoms with Crippen LogP contribution in [0.1, 0.15) is 35.2 Å². The van der Waals surface area contributed by atoms with Gasteiger partial charge in [0.2, 0.25) is 5.91 Å². The Morgan fingerprint density at radius 2 is 1.55 bits per heavy atom. The van der Waals surface area contributed by atoms with Crippen molar-refractivity contribution < 1.29 is 17.9 Å². The summed E-state index contributed by atoms with van der Waals surface area (Å²) in [4.78, 5) is 13.1. The molecular weight excluding hydrogens is 436 g/mol. The van der Waals surface area contributed by atoms with Crippen molar-refractivity contribution in [2.24, 2.45) is 0 Å². The fourth-order valence-corrected chi connectivity index (χ4v) is 5.13. The Kier molecular flexibility index (Phi) is 7.43. The lowest BCUT2D eigenvalue weighted by Gasteiger charge is -2.25. The third-order valence-electron chi connectivity index (χ3n) is 5.53. The SMILES string of the molecule is COc1ccc(N(CC(=O)N[C@H](C)c2ccc(C)cc2C)S(=O)(=O)c2ccc(C)cc2)cc1. The van der Waals surface area contributed by atoms with E-state index < -0.39 is 15.9 Å². The van der Waals surface area contributed by atoms with E-state index in [0.717, 1.165) is 26.6 Å². The maximum atomic E-state index is 13.5. The van der Waals surface area contributed by atoms with Crippen molar-refractivity contribution in [2.45, 2.75) is 38.6 Å². The maximum Gasteiger partial charge on any atom is 0.264 e. The molecule has 0 aromatic heterocycles. The molecule has 0 aliphatic rings. The molecule has 0 saturated heterocycles. The molecule has 1 atom stereocenters. The zero-order valence-corrected chi connectivity index (χ0v) is 20.4. The van der Waals surface area contributed by atoms with Gasteiger partial charge in [-0.1, -0.05) is 41.5 Å². The smallest absolute Gasteiger partial charge is 0.264 e. The zero-order valence-electron chi connectivity index (χ0n) is 19.6. The van der Waals surface area contributed by atoms with Crippen LogP contribution >= 0.6 is 0 Å². The van der Waals surface area contributed by atoms with Gasteiger partial charge in [-0.05, 0) is 75.2 Å². The first-order valence-corrected chi connectivity index (χ1v) is 12.2. The maximum absolute atomic E-state index is 13.5. The summed E-state index contributed by atoms with van der Waals surface area (Å²) in [7, 11) is -2.43. The van der Waals surface area contributed by atoms with Crippen molar-refractivity contribution in [3.05, 3.63) is 89.0 Å². The Balaban J connectivity index is 1.90. The average Bonchev–Trinajstić information content (AvgIpc) is 2.77. The summed E-state index contributed by atoms with van der Waals surface area (Å²) < 4.78 is 33.3. The number of nitrogens with one attached hydrogen (secondary N) is 1. The first kappa shape index (κ1) is 24.3. The van der Waals surface area contributed by atoms with Crippen LogP contribution in [-0.2, 0) is 14.8 Å². The third-order valence-corrected chi connectivity index (χ3v) is 7.31. The summed E-state index contributed by atoms with van der Waals surface area (Å²) in [6.07, 6.45) is 0. The summed E-state index contributed by atoms with van der Waals surface area (Å²) in [5.74, 6) is 0.202. The molecule has 6 nitrogen and oxygen atoms in total. The Morgan fingerprint density at radius 1 is 0.939 bits per heavy atom. The highest BCUT2D eigenvalue weighted by Gasteiger charge is 2.28. The molecule has 0 heterocycles. The molecule has 0 unspecified atom stereocenters. The van der Waals surface area contributed by atoms with E-state index in [1.165, 1.54) is 7.11 Å². The minimum atomic E-state index is -3.97. The summed E-state index contributed by atoms with van der Waals surface area (Å²) in [5.41, 5.74) is 4.54. The van der Waals surface area contributed by atoms with Gasteiger partial charge in [0, 0.05) is 0 Å². The molecule has 7 heteroatoms. The van der Waals surface area contributed by atoms with Crippen molar-refractivity contribution in [3.63, 3.8) is 0 Å². The van der Waals surface area contributed by atoms with Crippen molar-refractivity contribution in [3.8, 4) is 5.75 Å². The molecule has 0 saturated carbocycles. The van der Waals surface area contributed by atoms with E-state index in [9.17, 15) is 13.2 Å². The number of carbonyl (C=O) groups excluding carboxylic acids is 1. The molecule has 3 aromatic carbocycles. The second-order valence-electron chi connectivity index (χ2n) is 8.17. The van der Waals surface area contributed by atoms with Gasteiger partial charge in [0.25, 0.3) is 10.0 Å². The number of sulfonamides is 1. The standard InChI is InChI=1S/C26H30N2O4S/c1-18-6-13-24(14-7-18)33(30,31)28(22-9-11-23(32-5)12-10-22)17-26(29)27-21(4)25-15-8-19(2)16-20(25)3/h6-16,21H,17H2,1-5H3,(H,27,29)/t21-/m1/s1. The number of benzene rings is 3. The van der Waals surface area contributed by atoms with Gasteiger partial charge in [-0.2, -0.15) is 0 Å². The van der Waals surface area contributed by atoms with Gasteiger partial charge >= 0.3 is 0 Å². The number of rotatable bonds is 8. The first-order valence-electron chi connectivity index (χ1n) is 10.7. The summed E-state index contributed by atoms with van der Waals surface area (Å²) in [6.45, 7) is 7.44. The van der Waals surface area contributed by atoms with Crippen LogP contribution in [0.5, 0.6) is 5.75 Å². The lowest BCUT2D eigenvalue weighted by atomic mass is 10.0. The molecule has 0 fully saturated rings. The summed E-state index contributed by atoms with van der Waals surface area (Å²) in [6, 6.07) is 19.0. The Labute approximate surface area is 196 Å². The van der Waals surface area contributed by atoms with Crippen LogP contribution < -0.4 is 14.4 Å². The molecule has 3 aromatic rings. The minimum Gasteiger partial charge on any atom is -0.497 e. The van der Waals surface area contributed by atoms with Crippen LogP contribution in [0.2, 0.25) is 0 Å². The second kappa shape index (κ2) is 10.1. The highest BCUT2D eigenvalue weighted by Crippen LogP contribution is 2.26. The third kappa shape index (κ3) is 5.73. The fraction of sp³-hybridized carbons (Fsp3) is 0.269. The van der Waals surface area contributed by atoms with E-state index in [1.807, 2.05) is 39.8 Å². The minimum absolute atomic E-state index is 0.124. The highest BCUT2D eigenvalue weighted by molar-refractivity contribution is 7.92. The summed E-state index contributed by atoms with van der Waals surface area (Å²) in [5, 5.41) is 2.94. The van der Waals surface area contributed by atoms with Crippen LogP contribution in [0, 0.1) is 20.8 Å². The van der Waals surface area contributed by atoms with E-state index in [1.54, 1.807) is 48.5 Å². The van der Waals surface area contributed by atoms with Gasteiger partial charge in [-0.15, -0.1) is 0 Å². The summed E-state index contributed by atoms with van der Waals surface area (Å²) >= 11 is 0. The zero-order chi connectivity index (χ0) is 24.2. The lowest BCUT2D eigenvalue weighted by Crippen LogP contribution is -2.41. The lowest BCUT2D eigenvalue weighted by molar-refractivity contribution is -0.120. The normalized spacial score (nSPS) is 12.2. The molecule has 174 valence electrons. The van der Waals surface area contributed by atoms with E-state index in [-0.39, 0.29) is 17.5 Å². The largest absolute Gasteiger partial charge is 0.497 e. The molecule has 0 spiro atoms. The van der Waals surface area contributed by atoms with Crippen molar-refractivity contribution >= 4 is 21.6 Å². The number of anilines is 1. The first-order chi connectivity index (χ1) is 15.6. The molecule has 33 heavy (non-hydrogen) atoms. The predicted molar refractivity (Wildman–Crippen MR) is 131 cm³/mol. The second-order valence-corrected chi connectivity index (χ2v) is 10.0. The van der Waals surface area contributed by atoms with Crippen LogP contribution in [0.25, 0.3) is 0 Å². The highest BCUT2D eigenvalue weighted by atomic mass is 32.2. The van der Waals surface area contributed by atoms with E-state index >= 15 is 0 Å². The van der Waals surface area contributed by atoms with Gasteiger partial charge in [0.1, 0.15) is 12.3 Å². The number of ether oxygens (including phenoxy) is 1. The van der Waals surface area contributed by atoms with E-state index in [0.29, 0.717) is 11.4 Å². The Bertz CT molecular complexity index is 1220. The Morgan fingerprint density at radius 3 is 2.12 bits per heavy atom. The van der Waals surface area contributed by atoms with Crippen molar-refractivity contribution in [2.75, 3.05) is 18.0 Å². The molecule has 0 aliphatic heterocycles. The molecule has 1 N–H and O–H groups in total. The number of amides is 1. The molecule has 0 bridgehead atoms. The van der Waals surface area contributed by atoms with Crippen LogP contribution in [0.3, 0.4) is 0 Å². The fourth-order valence-electron chi connectivity index (χ4n) is 3.71. The van der Waals surface area contributed by atoms with Crippen LogP contribution in [0.15, 0.2) is 71.6 Å². The van der Waals surface area contributed by atoms with Crippen LogP contribution in [0.4, 0.5) is 5.69 Å². The van der Waals surface area contributed by atoms with Gasteiger partial charge in [0.05, 0.1) is 23.7 Å². The topological polar surface area (TPSA) is 75.7 Å². The number of methoxy groups -OCH3 is 1. The molecule has 0 aliphatic carbocycles. The van der Waals surface area contributed by atoms with E-state index in [2.05, 4.69) is 11.4 Å². The number of hydrogen-bond donors (Lipinski definition) is 1. The number of nitrogens with zero attached hydrogens (tertiary/aromatic N) is 1. The van der Waals surface area contributed by atoms with Gasteiger partial charge in [-0.25, -0.2) is 8.42 Å². The number of carbonyl (C=O) groups is 1. The van der Waals surface area contributed by atoms with Gasteiger partial charge < -0.3 is 10.1 Å². The van der Waals surface area contributed by atoms with Crippen molar-refractivity contribution in [1.82, 2.24) is 5.32 Å². The average molecular weight is 467 g/mol. The Hall–Kier alpha value is -3.32. The number of aryl methyl sites for hydroxylation is 3. The quantitative estimate of drug-likeness (QED) is 0.522. The predicted octanol–water partition coefficient (Wildman–Crippen LogP) is 4.69. The van der Waals surface area contributed by atoms with E-state index in [4.69, 9.17) is 4.74 Å². The molecule has 3 rings (SSSR count). The van der Waals surface area contributed by atoms with Crippen molar-refractivity contribution in [1.29, 1.82) is 0 Å².